The minimum absolute atomic E-state index is 0.295. The predicted molar refractivity (Wildman–Crippen MR) is 60.3 cm³/mol. The van der Waals surface area contributed by atoms with E-state index < -0.39 is 6.10 Å². The third-order valence-electron chi connectivity index (χ3n) is 2.20. The Kier molecular flexibility index (Phi) is 3.33. The number of hydrogen-bond donors (Lipinski definition) is 3. The fourth-order valence-electron chi connectivity index (χ4n) is 1.46. The van der Waals surface area contributed by atoms with Crippen molar-refractivity contribution in [3.8, 4) is 0 Å². The van der Waals surface area contributed by atoms with Crippen LogP contribution in [0.5, 0.6) is 0 Å². The van der Waals surface area contributed by atoms with Crippen LogP contribution >= 0.6 is 0 Å². The molecule has 0 bridgehead atoms. The number of rotatable bonds is 5. The Labute approximate surface area is 92.7 Å². The molecule has 0 radical (unpaired) electrons. The molecule has 6 nitrogen and oxygen atoms in total. The second-order valence-electron chi connectivity index (χ2n) is 3.45. The Morgan fingerprint density at radius 1 is 1.56 bits per heavy atom. The van der Waals surface area contributed by atoms with Crippen molar-refractivity contribution in [1.29, 1.82) is 0 Å². The van der Waals surface area contributed by atoms with Gasteiger partial charge in [-0.2, -0.15) is 0 Å². The number of aromatic nitrogens is 3. The van der Waals surface area contributed by atoms with E-state index in [9.17, 15) is 5.11 Å². The summed E-state index contributed by atoms with van der Waals surface area (Å²) in [6.45, 7) is 0.677. The van der Waals surface area contributed by atoms with Gasteiger partial charge in [0.1, 0.15) is 5.52 Å². The molecule has 0 aliphatic rings. The molecule has 2 aromatic rings. The van der Waals surface area contributed by atoms with Crippen LogP contribution in [0.2, 0.25) is 0 Å². The van der Waals surface area contributed by atoms with E-state index in [4.69, 9.17) is 4.74 Å². The van der Waals surface area contributed by atoms with E-state index >= 15 is 0 Å². The monoisotopic (exact) mass is 222 g/mol. The molecule has 0 aromatic carbocycles. The van der Waals surface area contributed by atoms with Gasteiger partial charge in [-0.25, -0.2) is 9.97 Å². The Hall–Kier alpha value is -1.66. The number of methoxy groups -OCH3 is 1. The normalized spacial score (nSPS) is 12.9. The number of imidazole rings is 1. The lowest BCUT2D eigenvalue weighted by Gasteiger charge is -2.11. The van der Waals surface area contributed by atoms with Gasteiger partial charge < -0.3 is 20.1 Å². The summed E-state index contributed by atoms with van der Waals surface area (Å²) in [6, 6.07) is 1.85. The summed E-state index contributed by atoms with van der Waals surface area (Å²) >= 11 is 0. The van der Waals surface area contributed by atoms with Crippen molar-refractivity contribution >= 4 is 16.9 Å². The van der Waals surface area contributed by atoms with Crippen LogP contribution in [0.15, 0.2) is 18.6 Å². The molecule has 16 heavy (non-hydrogen) atoms. The van der Waals surface area contributed by atoms with Gasteiger partial charge in [0.05, 0.1) is 24.6 Å². The summed E-state index contributed by atoms with van der Waals surface area (Å²) in [6.07, 6.45) is 2.75. The highest BCUT2D eigenvalue weighted by molar-refractivity contribution is 5.85. The lowest BCUT2D eigenvalue weighted by Crippen LogP contribution is -2.24. The molecule has 3 N–H and O–H groups in total. The van der Waals surface area contributed by atoms with Gasteiger partial charge in [-0.05, 0) is 6.07 Å². The summed E-state index contributed by atoms with van der Waals surface area (Å²) in [7, 11) is 1.55. The molecule has 2 heterocycles. The van der Waals surface area contributed by atoms with E-state index in [0.29, 0.717) is 19.0 Å². The fourth-order valence-corrected chi connectivity index (χ4v) is 1.46. The number of fused-ring (bicyclic) bond motifs is 1. The van der Waals surface area contributed by atoms with Crippen molar-refractivity contribution < 1.29 is 9.84 Å². The maximum Gasteiger partial charge on any atom is 0.154 e. The number of nitrogens with one attached hydrogen (secondary N) is 2. The molecule has 6 heteroatoms. The van der Waals surface area contributed by atoms with E-state index in [1.165, 1.54) is 0 Å². The number of ether oxygens (including phenoxy) is 1. The molecule has 0 fully saturated rings. The molecule has 0 aliphatic heterocycles. The largest absolute Gasteiger partial charge is 0.389 e. The lowest BCUT2D eigenvalue weighted by atomic mass is 10.3. The quantitative estimate of drug-likeness (QED) is 0.681. The summed E-state index contributed by atoms with van der Waals surface area (Å²) in [5, 5.41) is 12.5. The van der Waals surface area contributed by atoms with Crippen molar-refractivity contribution in [2.75, 3.05) is 25.6 Å². The van der Waals surface area contributed by atoms with Crippen LogP contribution < -0.4 is 5.32 Å². The second kappa shape index (κ2) is 4.91. The van der Waals surface area contributed by atoms with Crippen molar-refractivity contribution in [3.05, 3.63) is 18.6 Å². The Morgan fingerprint density at radius 3 is 3.25 bits per heavy atom. The van der Waals surface area contributed by atoms with Crippen molar-refractivity contribution in [2.45, 2.75) is 6.10 Å². The van der Waals surface area contributed by atoms with Crippen LogP contribution in [0.1, 0.15) is 0 Å². The Balaban J connectivity index is 2.06. The highest BCUT2D eigenvalue weighted by Crippen LogP contribution is 2.16. The molecule has 0 unspecified atom stereocenters. The summed E-state index contributed by atoms with van der Waals surface area (Å²) < 4.78 is 4.83. The molecule has 2 aromatic heterocycles. The first-order chi connectivity index (χ1) is 7.81. The van der Waals surface area contributed by atoms with Crippen molar-refractivity contribution in [3.63, 3.8) is 0 Å². The van der Waals surface area contributed by atoms with Crippen LogP contribution in [-0.2, 0) is 4.74 Å². The SMILES string of the molecule is COC[C@H](O)CNc1nccc2[nH]cnc12. The van der Waals surface area contributed by atoms with E-state index in [0.717, 1.165) is 11.0 Å². The third kappa shape index (κ3) is 2.29. The first-order valence-corrected chi connectivity index (χ1v) is 5.00. The molecule has 0 aliphatic carbocycles. The highest BCUT2D eigenvalue weighted by atomic mass is 16.5. The smallest absolute Gasteiger partial charge is 0.154 e. The van der Waals surface area contributed by atoms with E-state index in [-0.39, 0.29) is 0 Å². The maximum atomic E-state index is 9.49. The topological polar surface area (TPSA) is 83.1 Å². The molecular formula is C10H14N4O2. The van der Waals surface area contributed by atoms with Gasteiger partial charge in [0, 0.05) is 19.9 Å². The van der Waals surface area contributed by atoms with Crippen LogP contribution in [0, 0.1) is 0 Å². The van der Waals surface area contributed by atoms with Gasteiger partial charge in [0.25, 0.3) is 0 Å². The first-order valence-electron chi connectivity index (χ1n) is 5.00. The van der Waals surface area contributed by atoms with E-state index in [1.54, 1.807) is 19.6 Å². The van der Waals surface area contributed by atoms with Gasteiger partial charge in [-0.3, -0.25) is 0 Å². The molecule has 86 valence electrons. The first kappa shape index (κ1) is 10.8. The summed E-state index contributed by atoms with van der Waals surface area (Å²) in [4.78, 5) is 11.3. The molecule has 0 saturated heterocycles. The van der Waals surface area contributed by atoms with E-state index in [2.05, 4.69) is 20.3 Å². The predicted octanol–water partition coefficient (Wildman–Crippen LogP) is 0.377. The molecule has 0 amide bonds. The maximum absolute atomic E-state index is 9.49. The van der Waals surface area contributed by atoms with Gasteiger partial charge in [0.2, 0.25) is 0 Å². The highest BCUT2D eigenvalue weighted by Gasteiger charge is 2.07. The molecule has 0 spiro atoms. The minimum atomic E-state index is -0.555. The zero-order valence-corrected chi connectivity index (χ0v) is 8.97. The van der Waals surface area contributed by atoms with Gasteiger partial charge >= 0.3 is 0 Å². The number of aliphatic hydroxyl groups is 1. The van der Waals surface area contributed by atoms with Crippen molar-refractivity contribution in [1.82, 2.24) is 15.0 Å². The summed E-state index contributed by atoms with van der Waals surface area (Å²) in [5.41, 5.74) is 1.69. The zero-order chi connectivity index (χ0) is 11.4. The zero-order valence-electron chi connectivity index (χ0n) is 8.97. The fraction of sp³-hybridized carbons (Fsp3) is 0.400. The number of pyridine rings is 1. The average Bonchev–Trinajstić information content (AvgIpc) is 2.75. The van der Waals surface area contributed by atoms with Crippen LogP contribution in [0.25, 0.3) is 11.0 Å². The third-order valence-corrected chi connectivity index (χ3v) is 2.20. The second-order valence-corrected chi connectivity index (χ2v) is 3.45. The molecule has 0 saturated carbocycles. The number of aliphatic hydroxyl groups excluding tert-OH is 1. The summed E-state index contributed by atoms with van der Waals surface area (Å²) in [5.74, 6) is 0.661. The van der Waals surface area contributed by atoms with Crippen LogP contribution in [0.4, 0.5) is 5.82 Å². The van der Waals surface area contributed by atoms with Gasteiger partial charge in [-0.1, -0.05) is 0 Å². The van der Waals surface area contributed by atoms with Gasteiger partial charge in [-0.15, -0.1) is 0 Å². The number of aromatic amines is 1. The van der Waals surface area contributed by atoms with Crippen LogP contribution in [-0.4, -0.2) is 46.4 Å². The standard InChI is InChI=1S/C10H14N4O2/c1-16-5-7(15)4-12-10-9-8(2-3-11-10)13-6-14-9/h2-3,6-7,15H,4-5H2,1H3,(H,11,12)(H,13,14)/t7-/m1/s1. The van der Waals surface area contributed by atoms with E-state index in [1.807, 2.05) is 6.07 Å². The number of H-pyrrole nitrogens is 1. The molecular weight excluding hydrogens is 208 g/mol. The number of anilines is 1. The number of nitrogens with zero attached hydrogens (tertiary/aromatic N) is 2. The average molecular weight is 222 g/mol. The molecule has 2 rings (SSSR count). The number of hydrogen-bond acceptors (Lipinski definition) is 5. The Bertz CT molecular complexity index is 457. The van der Waals surface area contributed by atoms with Crippen LogP contribution in [0.3, 0.4) is 0 Å². The lowest BCUT2D eigenvalue weighted by molar-refractivity contribution is 0.0727. The Morgan fingerprint density at radius 2 is 2.44 bits per heavy atom. The minimum Gasteiger partial charge on any atom is -0.389 e. The van der Waals surface area contributed by atoms with Crippen molar-refractivity contribution in [2.24, 2.45) is 0 Å². The van der Waals surface area contributed by atoms with Gasteiger partial charge in [0.15, 0.2) is 5.82 Å². The molecule has 1 atom stereocenters.